The zero-order chi connectivity index (χ0) is 21.8. The third-order valence-corrected chi connectivity index (χ3v) is 5.74. The average molecular weight is 426 g/mol. The zero-order valence-corrected chi connectivity index (χ0v) is 17.5. The first kappa shape index (κ1) is 21.1. The Morgan fingerprint density at radius 2 is 1.84 bits per heavy atom. The highest BCUT2D eigenvalue weighted by molar-refractivity contribution is 5.92. The first-order valence-electron chi connectivity index (χ1n) is 10.4. The van der Waals surface area contributed by atoms with E-state index in [0.717, 1.165) is 44.2 Å². The highest BCUT2D eigenvalue weighted by atomic mass is 16.7. The third kappa shape index (κ3) is 5.12. The van der Waals surface area contributed by atoms with E-state index in [9.17, 15) is 14.9 Å². The van der Waals surface area contributed by atoms with E-state index < -0.39 is 4.92 Å². The predicted molar refractivity (Wildman–Crippen MR) is 115 cm³/mol. The van der Waals surface area contributed by atoms with Crippen molar-refractivity contribution in [3.8, 4) is 11.5 Å². The lowest BCUT2D eigenvalue weighted by atomic mass is 10.1. The van der Waals surface area contributed by atoms with Crippen LogP contribution < -0.4 is 14.8 Å². The van der Waals surface area contributed by atoms with Crippen LogP contribution in [0.25, 0.3) is 0 Å². The molecule has 31 heavy (non-hydrogen) atoms. The van der Waals surface area contributed by atoms with Gasteiger partial charge in [0.15, 0.2) is 11.5 Å². The molecule has 9 heteroatoms. The number of amides is 1. The summed E-state index contributed by atoms with van der Waals surface area (Å²) in [6.07, 6.45) is 0.351. The topological polar surface area (TPSA) is 97.2 Å². The van der Waals surface area contributed by atoms with Crippen LogP contribution in [-0.4, -0.2) is 60.1 Å². The van der Waals surface area contributed by atoms with Crippen LogP contribution >= 0.6 is 0 Å². The van der Waals surface area contributed by atoms with Crippen LogP contribution in [0.5, 0.6) is 11.5 Å². The number of benzene rings is 2. The number of rotatable bonds is 7. The van der Waals surface area contributed by atoms with Crippen LogP contribution in [-0.2, 0) is 11.3 Å². The number of fused-ring (bicyclic) bond motifs is 1. The van der Waals surface area contributed by atoms with Crippen molar-refractivity contribution in [3.63, 3.8) is 0 Å². The molecule has 0 atom stereocenters. The number of ether oxygens (including phenoxy) is 2. The maximum atomic E-state index is 12.3. The summed E-state index contributed by atoms with van der Waals surface area (Å²) in [5, 5.41) is 13.9. The van der Waals surface area contributed by atoms with E-state index >= 15 is 0 Å². The summed E-state index contributed by atoms with van der Waals surface area (Å²) in [6.45, 7) is 7.11. The Bertz CT molecular complexity index is 972. The summed E-state index contributed by atoms with van der Waals surface area (Å²) in [4.78, 5) is 27.6. The zero-order valence-electron chi connectivity index (χ0n) is 17.5. The molecule has 1 saturated heterocycles. The van der Waals surface area contributed by atoms with E-state index in [1.807, 2.05) is 12.1 Å². The Morgan fingerprint density at radius 3 is 2.61 bits per heavy atom. The van der Waals surface area contributed by atoms with Crippen LogP contribution in [0.1, 0.15) is 17.5 Å². The Morgan fingerprint density at radius 1 is 1.10 bits per heavy atom. The SMILES string of the molecule is Cc1c(NC(=O)CCN2CCN(Cc3ccc4c(c3)OCO4)CC2)cccc1[N+](=O)[O-]. The fraction of sp³-hybridized carbons (Fsp3) is 0.409. The Hall–Kier alpha value is -3.17. The van der Waals surface area contributed by atoms with Crippen molar-refractivity contribution in [3.05, 3.63) is 57.6 Å². The van der Waals surface area contributed by atoms with Crippen molar-refractivity contribution >= 4 is 17.3 Å². The van der Waals surface area contributed by atoms with Crippen LogP contribution in [0.3, 0.4) is 0 Å². The molecular formula is C22H26N4O5. The summed E-state index contributed by atoms with van der Waals surface area (Å²) < 4.78 is 10.8. The van der Waals surface area contributed by atoms with Gasteiger partial charge in [0.05, 0.1) is 16.2 Å². The van der Waals surface area contributed by atoms with Gasteiger partial charge < -0.3 is 19.7 Å². The van der Waals surface area contributed by atoms with Crippen molar-refractivity contribution < 1.29 is 19.2 Å². The number of nitro benzene ring substituents is 1. The van der Waals surface area contributed by atoms with Crippen LogP contribution in [0, 0.1) is 17.0 Å². The number of nitro groups is 1. The van der Waals surface area contributed by atoms with Gasteiger partial charge in [-0.15, -0.1) is 0 Å². The number of nitrogens with zero attached hydrogens (tertiary/aromatic N) is 3. The van der Waals surface area contributed by atoms with Crippen molar-refractivity contribution in [1.29, 1.82) is 0 Å². The second-order valence-electron chi connectivity index (χ2n) is 7.81. The van der Waals surface area contributed by atoms with Gasteiger partial charge in [0.1, 0.15) is 0 Å². The van der Waals surface area contributed by atoms with Gasteiger partial charge in [-0.1, -0.05) is 12.1 Å². The van der Waals surface area contributed by atoms with Crippen LogP contribution in [0.2, 0.25) is 0 Å². The fourth-order valence-electron chi connectivity index (χ4n) is 3.90. The minimum Gasteiger partial charge on any atom is -0.454 e. The van der Waals surface area contributed by atoms with Crippen LogP contribution in [0.4, 0.5) is 11.4 Å². The Labute approximate surface area is 180 Å². The molecule has 164 valence electrons. The molecular weight excluding hydrogens is 400 g/mol. The maximum Gasteiger partial charge on any atom is 0.274 e. The van der Waals surface area contributed by atoms with E-state index in [1.54, 1.807) is 19.1 Å². The van der Waals surface area contributed by atoms with Gasteiger partial charge in [-0.2, -0.15) is 0 Å². The summed E-state index contributed by atoms with van der Waals surface area (Å²) in [7, 11) is 0. The molecule has 9 nitrogen and oxygen atoms in total. The van der Waals surface area contributed by atoms with E-state index in [1.165, 1.54) is 11.6 Å². The normalized spacial score (nSPS) is 16.3. The van der Waals surface area contributed by atoms with Crippen molar-refractivity contribution in [2.75, 3.05) is 44.8 Å². The van der Waals surface area contributed by atoms with E-state index in [2.05, 4.69) is 21.2 Å². The largest absolute Gasteiger partial charge is 0.454 e. The molecule has 0 unspecified atom stereocenters. The third-order valence-electron chi connectivity index (χ3n) is 5.74. The molecule has 2 aromatic carbocycles. The molecule has 0 radical (unpaired) electrons. The molecule has 1 amide bonds. The minimum atomic E-state index is -0.436. The van der Waals surface area contributed by atoms with Gasteiger partial charge in [-0.05, 0) is 30.7 Å². The molecule has 2 aliphatic heterocycles. The van der Waals surface area contributed by atoms with E-state index in [4.69, 9.17) is 9.47 Å². The average Bonchev–Trinajstić information content (AvgIpc) is 3.22. The van der Waals surface area contributed by atoms with E-state index in [0.29, 0.717) is 24.2 Å². The minimum absolute atomic E-state index is 0.0105. The van der Waals surface area contributed by atoms with Gasteiger partial charge >= 0.3 is 0 Å². The molecule has 4 rings (SSSR count). The Kier molecular flexibility index (Phi) is 6.34. The van der Waals surface area contributed by atoms with Gasteiger partial charge in [0.2, 0.25) is 12.7 Å². The molecule has 0 aromatic heterocycles. The molecule has 2 aromatic rings. The van der Waals surface area contributed by atoms with Crippen molar-refractivity contribution in [2.24, 2.45) is 0 Å². The maximum absolute atomic E-state index is 12.3. The quantitative estimate of drug-likeness (QED) is 0.537. The van der Waals surface area contributed by atoms with Crippen molar-refractivity contribution in [2.45, 2.75) is 19.9 Å². The van der Waals surface area contributed by atoms with Gasteiger partial charge in [-0.25, -0.2) is 0 Å². The number of carbonyl (C=O) groups is 1. The number of piperazine rings is 1. The lowest BCUT2D eigenvalue weighted by Gasteiger charge is -2.34. The van der Waals surface area contributed by atoms with Crippen LogP contribution in [0.15, 0.2) is 36.4 Å². The second kappa shape index (κ2) is 9.32. The molecule has 0 spiro atoms. The second-order valence-corrected chi connectivity index (χ2v) is 7.81. The number of hydrogen-bond donors (Lipinski definition) is 1. The smallest absolute Gasteiger partial charge is 0.274 e. The van der Waals surface area contributed by atoms with Crippen molar-refractivity contribution in [1.82, 2.24) is 9.80 Å². The number of carbonyl (C=O) groups excluding carboxylic acids is 1. The summed E-state index contributed by atoms with van der Waals surface area (Å²) in [5.74, 6) is 1.47. The predicted octanol–water partition coefficient (Wildman–Crippen LogP) is 2.78. The molecule has 0 saturated carbocycles. The monoisotopic (exact) mass is 426 g/mol. The first-order valence-corrected chi connectivity index (χ1v) is 10.4. The summed E-state index contributed by atoms with van der Waals surface area (Å²) >= 11 is 0. The summed E-state index contributed by atoms with van der Waals surface area (Å²) in [6, 6.07) is 10.8. The lowest BCUT2D eigenvalue weighted by molar-refractivity contribution is -0.385. The van der Waals surface area contributed by atoms with Gasteiger partial charge in [0, 0.05) is 51.8 Å². The molecule has 0 bridgehead atoms. The highest BCUT2D eigenvalue weighted by Gasteiger charge is 2.20. The Balaban J connectivity index is 1.21. The lowest BCUT2D eigenvalue weighted by Crippen LogP contribution is -2.46. The first-order chi connectivity index (χ1) is 15.0. The highest BCUT2D eigenvalue weighted by Crippen LogP contribution is 2.33. The number of anilines is 1. The molecule has 0 aliphatic carbocycles. The van der Waals surface area contributed by atoms with Gasteiger partial charge in [-0.3, -0.25) is 19.8 Å². The number of nitrogens with one attached hydrogen (secondary N) is 1. The number of hydrogen-bond acceptors (Lipinski definition) is 7. The molecule has 2 aliphatic rings. The molecule has 2 heterocycles. The summed E-state index contributed by atoms with van der Waals surface area (Å²) in [5.41, 5.74) is 2.17. The van der Waals surface area contributed by atoms with Gasteiger partial charge in [0.25, 0.3) is 5.69 Å². The standard InChI is InChI=1S/C22H26N4O5/c1-16-18(3-2-4-19(16)26(28)29)23-22(27)7-8-24-9-11-25(12-10-24)14-17-5-6-20-21(13-17)31-15-30-20/h2-6,13H,7-12,14-15H2,1H3,(H,23,27). The molecule has 1 fully saturated rings. The molecule has 1 N–H and O–H groups in total. The van der Waals surface area contributed by atoms with E-state index in [-0.39, 0.29) is 18.4 Å². The fourth-order valence-corrected chi connectivity index (χ4v) is 3.90.